The number of benzene rings is 5. The van der Waals surface area contributed by atoms with Gasteiger partial charge in [-0.25, -0.2) is 4.98 Å². The minimum absolute atomic E-state index is 0. The number of carbonyl (C=O) groups is 2. The standard InChI is InChI=1S/C68H76ClN5O15S4.Na/c1-67(2)55-44-51(92(83,84)85)32-34-59(55)73(40-15-7-8-25-63(75)70-38-13-5-6-14-39-71-66(76)58-43-48-19-9-10-22-53(48)64(72-58)54-23-11-12-24-57(54)69)61(67)36-26-46-20-18-21-47(65(46)89-49-28-30-50(31-29-49)91(80,81)82)27-37-62-68(3,4)56-45-52(93(86,87)88)33-35-60(56)74(62)41-16-17-42-90(77,78)79;/h9-12,19,22-24,26-37,43-45H,5-8,13-18,20-21,25,38-42H2,1-4H3,(H5-,70,71,75,76,77,78,79,80,81,82,83,84,85,86,87,88);/q;+1/p+1. The Kier molecular flexibility index (Phi) is 24.0. The number of aromatic nitrogens is 1. The van der Waals surface area contributed by atoms with Crippen molar-refractivity contribution in [1.82, 2.24) is 15.6 Å². The van der Waals surface area contributed by atoms with Crippen LogP contribution >= 0.6 is 11.6 Å². The van der Waals surface area contributed by atoms with Crippen molar-refractivity contribution in [3.05, 3.63) is 184 Å². The molecule has 0 bridgehead atoms. The van der Waals surface area contributed by atoms with E-state index in [0.717, 1.165) is 64.6 Å². The van der Waals surface area contributed by atoms with Crippen LogP contribution in [0.25, 0.3) is 22.0 Å². The number of halogens is 1. The molecule has 0 spiro atoms. The number of rotatable bonds is 28. The number of ether oxygens (including phenoxy) is 1. The van der Waals surface area contributed by atoms with Crippen LogP contribution in [0.3, 0.4) is 0 Å². The van der Waals surface area contributed by atoms with Gasteiger partial charge in [-0.1, -0.05) is 86.8 Å². The summed E-state index contributed by atoms with van der Waals surface area (Å²) in [5, 5.41) is 8.35. The zero-order valence-corrected chi connectivity index (χ0v) is 59.2. The van der Waals surface area contributed by atoms with Crippen LogP contribution in [0.2, 0.25) is 5.02 Å². The van der Waals surface area contributed by atoms with Crippen molar-refractivity contribution in [3.63, 3.8) is 0 Å². The maximum atomic E-state index is 13.3. The van der Waals surface area contributed by atoms with Crippen molar-refractivity contribution in [2.24, 2.45) is 0 Å². The van der Waals surface area contributed by atoms with Crippen molar-refractivity contribution in [3.8, 4) is 17.0 Å². The molecule has 94 heavy (non-hydrogen) atoms. The molecule has 6 aromatic rings. The number of hydrogen-bond acceptors (Lipinski definition) is 13. The summed E-state index contributed by atoms with van der Waals surface area (Å²) in [7, 11) is -17.9. The van der Waals surface area contributed by atoms with E-state index in [1.54, 1.807) is 24.3 Å². The van der Waals surface area contributed by atoms with Crippen LogP contribution in [-0.4, -0.2) is 111 Å². The predicted octanol–water partition coefficient (Wildman–Crippen LogP) is 9.69. The number of hydrogen-bond donors (Lipinski definition) is 6. The molecule has 494 valence electrons. The second kappa shape index (κ2) is 30.8. The van der Waals surface area contributed by atoms with E-state index >= 15 is 0 Å². The van der Waals surface area contributed by atoms with Crippen LogP contribution < -0.4 is 49.8 Å². The molecule has 0 unspecified atom stereocenters. The minimum Gasteiger partial charge on any atom is -0.457 e. The number of fused-ring (bicyclic) bond motifs is 3. The summed E-state index contributed by atoms with van der Waals surface area (Å²) < 4.78 is 145. The summed E-state index contributed by atoms with van der Waals surface area (Å²) in [6.45, 7) is 9.46. The van der Waals surface area contributed by atoms with E-state index in [9.17, 15) is 61.5 Å². The summed E-state index contributed by atoms with van der Waals surface area (Å²) >= 11 is 6.54. The molecule has 3 aliphatic rings. The van der Waals surface area contributed by atoms with Crippen LogP contribution in [0.4, 0.5) is 11.4 Å². The molecule has 0 fully saturated rings. The molecule has 20 nitrogen and oxygen atoms in total. The number of nitrogens with one attached hydrogen (secondary N) is 2. The van der Waals surface area contributed by atoms with Gasteiger partial charge in [0.1, 0.15) is 23.7 Å². The molecule has 1 aromatic heterocycles. The molecular formula is C68H77ClN5NaO15S4+2. The Morgan fingerprint density at radius 3 is 1.97 bits per heavy atom. The average molecular weight is 1390 g/mol. The zero-order chi connectivity index (χ0) is 67.1. The SMILES string of the molecule is CC1(C)C(/C=C/C2=C(Oc3ccc(S(=O)(=O)O)cc3)C(=C/C=C3/N(CCCCS(=O)(=O)O)c4ccc(S(=O)(=O)O)cc4C3(C)C)/CCC2)=[N+](CCCCCC(=O)NCCCCCCNC(=O)c2cc3ccccc3c(-c3ccccc3Cl)n2)c2ccc(S(=O)(=O)O)cc21.[Na+]. The van der Waals surface area contributed by atoms with Gasteiger partial charge in [0.2, 0.25) is 11.6 Å². The van der Waals surface area contributed by atoms with Gasteiger partial charge in [0.25, 0.3) is 46.4 Å². The van der Waals surface area contributed by atoms with Gasteiger partial charge in [-0.05, 0) is 173 Å². The normalized spacial score (nSPS) is 16.4. The Balaban J connectivity index is 0.0000113. The average Bonchev–Trinajstić information content (AvgIpc) is 1.58. The molecule has 5 aromatic carbocycles. The van der Waals surface area contributed by atoms with Crippen LogP contribution in [0.1, 0.15) is 133 Å². The van der Waals surface area contributed by atoms with Crippen LogP contribution in [0.5, 0.6) is 5.75 Å². The Morgan fingerprint density at radius 1 is 0.660 bits per heavy atom. The quantitative estimate of drug-likeness (QED) is 0.0115. The number of allylic oxidation sites excluding steroid dienone is 7. The van der Waals surface area contributed by atoms with Crippen molar-refractivity contribution >= 4 is 91.7 Å². The summed E-state index contributed by atoms with van der Waals surface area (Å²) in [4.78, 5) is 32.1. The molecule has 2 amide bonds. The smallest absolute Gasteiger partial charge is 0.457 e. The molecule has 0 atom stereocenters. The van der Waals surface area contributed by atoms with E-state index in [0.29, 0.717) is 116 Å². The second-order valence-corrected chi connectivity index (χ2v) is 30.7. The van der Waals surface area contributed by atoms with Gasteiger partial charge in [-0.15, -0.1) is 0 Å². The number of nitrogens with zero attached hydrogens (tertiary/aromatic N) is 3. The fourth-order valence-corrected chi connectivity index (χ4v) is 14.6. The van der Waals surface area contributed by atoms with Gasteiger partial charge in [0.15, 0.2) is 5.71 Å². The fourth-order valence-electron chi connectivity index (χ4n) is 12.3. The maximum Gasteiger partial charge on any atom is 1.00 e. The number of amides is 2. The third kappa shape index (κ3) is 18.0. The van der Waals surface area contributed by atoms with E-state index in [4.69, 9.17) is 21.3 Å². The van der Waals surface area contributed by atoms with Gasteiger partial charge in [-0.2, -0.15) is 38.2 Å². The summed E-state index contributed by atoms with van der Waals surface area (Å²) in [5.74, 6) is -0.101. The van der Waals surface area contributed by atoms with E-state index < -0.39 is 57.1 Å². The molecule has 0 radical (unpaired) electrons. The number of pyridine rings is 1. The maximum absolute atomic E-state index is 13.3. The molecule has 6 N–H and O–H groups in total. The molecule has 9 rings (SSSR count). The van der Waals surface area contributed by atoms with Crippen molar-refractivity contribution in [2.75, 3.05) is 36.8 Å². The third-order valence-electron chi connectivity index (χ3n) is 17.2. The van der Waals surface area contributed by atoms with Gasteiger partial charge in [-0.3, -0.25) is 27.8 Å². The van der Waals surface area contributed by atoms with E-state index in [-0.39, 0.29) is 74.8 Å². The second-order valence-electron chi connectivity index (χ2n) is 24.5. The predicted molar refractivity (Wildman–Crippen MR) is 359 cm³/mol. The number of carbonyl (C=O) groups excluding carboxylic acids is 2. The van der Waals surface area contributed by atoms with E-state index in [1.807, 2.05) is 99.4 Å². The molecule has 0 saturated heterocycles. The monoisotopic (exact) mass is 1390 g/mol. The van der Waals surface area contributed by atoms with E-state index in [2.05, 4.69) is 15.2 Å². The third-order valence-corrected chi connectivity index (χ3v) is 20.9. The first-order valence-corrected chi connectivity index (χ1v) is 37.1. The molecular weight excluding hydrogens is 1310 g/mol. The first-order valence-electron chi connectivity index (χ1n) is 30.8. The Labute approximate surface area is 577 Å². The molecule has 2 aliphatic heterocycles. The van der Waals surface area contributed by atoms with Gasteiger partial charge in [0.05, 0.1) is 31.5 Å². The van der Waals surface area contributed by atoms with Gasteiger partial charge in [0, 0.05) is 83.0 Å². The fraction of sp³-hybridized carbons (Fsp3) is 0.353. The Hall–Kier alpha value is -6.39. The van der Waals surface area contributed by atoms with Gasteiger partial charge >= 0.3 is 29.6 Å². The first-order chi connectivity index (χ1) is 43.9. The van der Waals surface area contributed by atoms with E-state index in [1.165, 1.54) is 48.5 Å². The van der Waals surface area contributed by atoms with Crippen molar-refractivity contribution in [1.29, 1.82) is 0 Å². The van der Waals surface area contributed by atoms with Crippen LogP contribution in [0.15, 0.2) is 177 Å². The summed E-state index contributed by atoms with van der Waals surface area (Å²) in [6.07, 6.45) is 15.3. The topological polar surface area (TPSA) is 304 Å². The minimum atomic E-state index is -4.59. The summed E-state index contributed by atoms with van der Waals surface area (Å²) in [5.41, 5.74) is 5.61. The largest absolute Gasteiger partial charge is 1.00 e. The summed E-state index contributed by atoms with van der Waals surface area (Å²) in [6, 6.07) is 31.0. The van der Waals surface area contributed by atoms with Crippen molar-refractivity contribution < 1.29 is 100 Å². The van der Waals surface area contributed by atoms with Crippen molar-refractivity contribution in [2.45, 2.75) is 137 Å². The molecule has 0 saturated carbocycles. The molecule has 26 heteroatoms. The zero-order valence-electron chi connectivity index (χ0n) is 53.1. The van der Waals surface area contributed by atoms with Gasteiger partial charge < -0.3 is 20.3 Å². The number of unbranched alkanes of at least 4 members (excludes halogenated alkanes) is 6. The van der Waals surface area contributed by atoms with Crippen LogP contribution in [-0.2, 0) is 56.1 Å². The Bertz CT molecular complexity index is 4510. The molecule has 1 aliphatic carbocycles. The number of anilines is 1. The first kappa shape index (κ1) is 73.4. The molecule has 3 heterocycles. The van der Waals surface area contributed by atoms with Crippen LogP contribution in [0, 0.1) is 0 Å². The Morgan fingerprint density at radius 2 is 1.29 bits per heavy atom.